The smallest absolute Gasteiger partial charge is 0.216 e. The van der Waals surface area contributed by atoms with Gasteiger partial charge in [-0.15, -0.1) is 0 Å². The van der Waals surface area contributed by atoms with Crippen LogP contribution in [0.3, 0.4) is 0 Å². The summed E-state index contributed by atoms with van der Waals surface area (Å²) < 4.78 is 5.18. The van der Waals surface area contributed by atoms with E-state index in [1.54, 1.807) is 6.29 Å². The van der Waals surface area contributed by atoms with Crippen molar-refractivity contribution in [2.24, 2.45) is 0 Å². The molecule has 1 aliphatic heterocycles. The summed E-state index contributed by atoms with van der Waals surface area (Å²) in [7, 11) is 0. The van der Waals surface area contributed by atoms with Crippen molar-refractivity contribution < 1.29 is 4.42 Å². The Labute approximate surface area is 71.4 Å². The normalized spacial score (nSPS) is 17.5. The maximum Gasteiger partial charge on any atom is 0.353 e. The third-order valence-corrected chi connectivity index (χ3v) is 1.65. The molecule has 0 fully saturated rings. The largest absolute Gasteiger partial charge is 0.353 e. The highest BCUT2D eigenvalue weighted by Crippen LogP contribution is 2.08. The molecule has 0 N–H and O–H groups in total. The first-order valence-corrected chi connectivity index (χ1v) is 3.88. The molecule has 1 aromatic carbocycles. The Morgan fingerprint density at radius 2 is 1.92 bits per heavy atom. The Morgan fingerprint density at radius 1 is 1.08 bits per heavy atom. The summed E-state index contributed by atoms with van der Waals surface area (Å²) >= 11 is 0. The zero-order chi connectivity index (χ0) is 8.23. The SMILES string of the molecule is C1=C/C(=C\c2ccccc2)[O+]=C1. The van der Waals surface area contributed by atoms with E-state index < -0.39 is 0 Å². The van der Waals surface area contributed by atoms with Gasteiger partial charge in [0.25, 0.3) is 0 Å². The minimum Gasteiger partial charge on any atom is -0.216 e. The Balaban J connectivity index is 2.29. The molecule has 12 heavy (non-hydrogen) atoms. The fourth-order valence-corrected chi connectivity index (χ4v) is 1.09. The third-order valence-electron chi connectivity index (χ3n) is 1.65. The van der Waals surface area contributed by atoms with Crippen molar-refractivity contribution in [2.45, 2.75) is 0 Å². The quantitative estimate of drug-likeness (QED) is 0.438. The predicted molar refractivity (Wildman–Crippen MR) is 49.6 cm³/mol. The van der Waals surface area contributed by atoms with Crippen LogP contribution < -0.4 is 0 Å². The summed E-state index contributed by atoms with van der Waals surface area (Å²) in [6.07, 6.45) is 7.50. The van der Waals surface area contributed by atoms with Crippen molar-refractivity contribution in [1.29, 1.82) is 0 Å². The van der Waals surface area contributed by atoms with Crippen molar-refractivity contribution in [3.8, 4) is 0 Å². The van der Waals surface area contributed by atoms with Gasteiger partial charge in [0, 0.05) is 6.08 Å². The van der Waals surface area contributed by atoms with Crippen molar-refractivity contribution in [3.63, 3.8) is 0 Å². The summed E-state index contributed by atoms with van der Waals surface area (Å²) in [5.74, 6) is 0.890. The predicted octanol–water partition coefficient (Wildman–Crippen LogP) is 2.33. The van der Waals surface area contributed by atoms with E-state index in [1.165, 1.54) is 0 Å². The molecule has 0 saturated heterocycles. The molecule has 0 aliphatic carbocycles. The van der Waals surface area contributed by atoms with Crippen molar-refractivity contribution in [2.75, 3.05) is 0 Å². The second-order valence-corrected chi connectivity index (χ2v) is 2.57. The molecule has 1 heterocycles. The molecule has 0 saturated carbocycles. The van der Waals surface area contributed by atoms with E-state index in [0.717, 1.165) is 11.3 Å². The lowest BCUT2D eigenvalue weighted by atomic mass is 10.2. The maximum atomic E-state index is 5.18. The van der Waals surface area contributed by atoms with Gasteiger partial charge in [-0.1, -0.05) is 30.3 Å². The molecular weight excluding hydrogens is 148 g/mol. The molecular formula is C11H9O+. The summed E-state index contributed by atoms with van der Waals surface area (Å²) in [4.78, 5) is 0. The topological polar surface area (TPSA) is 11.3 Å². The molecule has 1 heteroatoms. The minimum atomic E-state index is 0.890. The van der Waals surface area contributed by atoms with Crippen LogP contribution in [-0.2, 0) is 4.42 Å². The van der Waals surface area contributed by atoms with Gasteiger partial charge in [0.15, 0.2) is 0 Å². The molecule has 1 nitrogen and oxygen atoms in total. The average molecular weight is 157 g/mol. The zero-order valence-corrected chi connectivity index (χ0v) is 6.60. The van der Waals surface area contributed by atoms with Gasteiger partial charge in [-0.05, 0) is 5.56 Å². The molecule has 2 rings (SSSR count). The van der Waals surface area contributed by atoms with E-state index in [0.29, 0.717) is 0 Å². The molecule has 1 aliphatic rings. The Hall–Kier alpha value is -1.63. The van der Waals surface area contributed by atoms with Crippen LogP contribution in [-0.4, -0.2) is 6.29 Å². The number of aldehydes is 1. The molecule has 0 unspecified atom stereocenters. The average Bonchev–Trinajstić information content (AvgIpc) is 2.59. The third kappa shape index (κ3) is 1.51. The Morgan fingerprint density at radius 3 is 2.58 bits per heavy atom. The molecule has 0 atom stereocenters. The summed E-state index contributed by atoms with van der Waals surface area (Å²) in [6, 6.07) is 10.1. The van der Waals surface area contributed by atoms with Gasteiger partial charge in [0.1, 0.15) is 0 Å². The number of benzene rings is 1. The summed E-state index contributed by atoms with van der Waals surface area (Å²) in [6.45, 7) is 0. The van der Waals surface area contributed by atoms with Gasteiger partial charge in [0.05, 0.1) is 12.2 Å². The fraction of sp³-hybridized carbons (Fsp3) is 0. The minimum absolute atomic E-state index is 0.890. The van der Waals surface area contributed by atoms with E-state index in [4.69, 9.17) is 4.42 Å². The van der Waals surface area contributed by atoms with E-state index in [1.807, 2.05) is 48.6 Å². The molecule has 58 valence electrons. The van der Waals surface area contributed by atoms with Gasteiger partial charge in [0.2, 0.25) is 0 Å². The molecule has 1 aromatic rings. The van der Waals surface area contributed by atoms with E-state index in [2.05, 4.69) is 0 Å². The van der Waals surface area contributed by atoms with E-state index >= 15 is 0 Å². The fourth-order valence-electron chi connectivity index (χ4n) is 1.09. The maximum absolute atomic E-state index is 5.18. The Kier molecular flexibility index (Phi) is 1.87. The van der Waals surface area contributed by atoms with Crippen LogP contribution in [0.2, 0.25) is 0 Å². The monoisotopic (exact) mass is 157 g/mol. The lowest BCUT2D eigenvalue weighted by Gasteiger charge is -1.86. The lowest BCUT2D eigenvalue weighted by molar-refractivity contribution is -0.378. The highest BCUT2D eigenvalue weighted by molar-refractivity contribution is 5.71. The molecule has 0 bridgehead atoms. The van der Waals surface area contributed by atoms with Gasteiger partial charge in [-0.2, -0.15) is 0 Å². The highest BCUT2D eigenvalue weighted by atomic mass is 16.4. The van der Waals surface area contributed by atoms with E-state index in [-0.39, 0.29) is 0 Å². The van der Waals surface area contributed by atoms with Crippen LogP contribution in [0.5, 0.6) is 0 Å². The first kappa shape index (κ1) is 7.04. The molecule has 0 aromatic heterocycles. The highest BCUT2D eigenvalue weighted by Gasteiger charge is 2.06. The first-order valence-electron chi connectivity index (χ1n) is 3.88. The first-order chi connectivity index (χ1) is 5.95. The molecule has 0 radical (unpaired) electrons. The van der Waals surface area contributed by atoms with Crippen LogP contribution in [0, 0.1) is 0 Å². The van der Waals surface area contributed by atoms with Crippen LogP contribution in [0.25, 0.3) is 6.08 Å². The Bertz CT molecular complexity index is 331. The van der Waals surface area contributed by atoms with Crippen LogP contribution in [0.1, 0.15) is 5.56 Å². The number of hydrogen-bond donors (Lipinski definition) is 0. The van der Waals surface area contributed by atoms with E-state index in [9.17, 15) is 0 Å². The zero-order valence-electron chi connectivity index (χ0n) is 6.60. The number of hydrogen-bond acceptors (Lipinski definition) is 0. The van der Waals surface area contributed by atoms with Gasteiger partial charge >= 0.3 is 12.0 Å². The number of allylic oxidation sites excluding steroid dienone is 2. The standard InChI is InChI=1S/C11H9O/c1-2-5-10(6-3-1)9-11-7-4-8-12-11/h1-9H/q+1/b11-9+. The van der Waals surface area contributed by atoms with Crippen molar-refractivity contribution >= 4 is 12.4 Å². The van der Waals surface area contributed by atoms with Crippen LogP contribution >= 0.6 is 0 Å². The van der Waals surface area contributed by atoms with Crippen molar-refractivity contribution in [3.05, 3.63) is 53.8 Å². The molecule has 0 spiro atoms. The lowest BCUT2D eigenvalue weighted by Crippen LogP contribution is -1.74. The van der Waals surface area contributed by atoms with Crippen LogP contribution in [0.15, 0.2) is 48.2 Å². The second kappa shape index (κ2) is 3.18. The van der Waals surface area contributed by atoms with Crippen molar-refractivity contribution in [1.82, 2.24) is 0 Å². The van der Waals surface area contributed by atoms with Crippen LogP contribution in [0.4, 0.5) is 0 Å². The van der Waals surface area contributed by atoms with Gasteiger partial charge in [-0.25, -0.2) is 4.42 Å². The molecule has 0 amide bonds. The number of carbonyl (C=O) groups excluding carboxylic acids is 1. The summed E-state index contributed by atoms with van der Waals surface area (Å²) in [5.41, 5.74) is 1.16. The van der Waals surface area contributed by atoms with Gasteiger partial charge < -0.3 is 0 Å². The van der Waals surface area contributed by atoms with Gasteiger partial charge in [-0.3, -0.25) is 0 Å². The second-order valence-electron chi connectivity index (χ2n) is 2.57. The summed E-state index contributed by atoms with van der Waals surface area (Å²) in [5, 5.41) is 0. The number of rotatable bonds is 1.